The first-order valence-corrected chi connectivity index (χ1v) is 9.01. The summed E-state index contributed by atoms with van der Waals surface area (Å²) in [6.45, 7) is 5.79. The van der Waals surface area contributed by atoms with Crippen molar-refractivity contribution in [2.24, 2.45) is 0 Å². The predicted octanol–water partition coefficient (Wildman–Crippen LogP) is 4.55. The third kappa shape index (κ3) is 4.94. The number of rotatable bonds is 4. The van der Waals surface area contributed by atoms with E-state index in [0.29, 0.717) is 11.3 Å². The van der Waals surface area contributed by atoms with Crippen molar-refractivity contribution < 1.29 is 9.59 Å². The van der Waals surface area contributed by atoms with Crippen molar-refractivity contribution in [2.75, 3.05) is 5.32 Å². The van der Waals surface area contributed by atoms with E-state index in [-0.39, 0.29) is 23.8 Å². The number of benzene rings is 3. The van der Waals surface area contributed by atoms with Crippen LogP contribution >= 0.6 is 0 Å². The van der Waals surface area contributed by atoms with Crippen molar-refractivity contribution >= 4 is 28.3 Å². The summed E-state index contributed by atoms with van der Waals surface area (Å²) in [7, 11) is 0. The highest BCUT2D eigenvalue weighted by Gasteiger charge is 2.16. The first-order valence-electron chi connectivity index (χ1n) is 9.01. The lowest BCUT2D eigenvalue weighted by Gasteiger charge is -2.20. The van der Waals surface area contributed by atoms with E-state index in [1.165, 1.54) is 0 Å². The zero-order valence-electron chi connectivity index (χ0n) is 15.9. The lowest BCUT2D eigenvalue weighted by Crippen LogP contribution is -2.40. The van der Waals surface area contributed by atoms with Crippen molar-refractivity contribution in [2.45, 2.75) is 32.7 Å². The van der Waals surface area contributed by atoms with Crippen LogP contribution in [0.4, 0.5) is 5.69 Å². The minimum absolute atomic E-state index is 0.111. The molecule has 0 bridgehead atoms. The quantitative estimate of drug-likeness (QED) is 0.717. The second-order valence-corrected chi connectivity index (χ2v) is 7.65. The van der Waals surface area contributed by atoms with Gasteiger partial charge in [0.1, 0.15) is 0 Å². The number of hydrogen-bond donors (Lipinski definition) is 2. The highest BCUT2D eigenvalue weighted by atomic mass is 16.2. The molecule has 4 heteroatoms. The van der Waals surface area contributed by atoms with Crippen molar-refractivity contribution in [3.05, 3.63) is 77.9 Å². The van der Waals surface area contributed by atoms with E-state index in [2.05, 4.69) is 10.6 Å². The molecule has 0 saturated carbocycles. The number of anilines is 1. The van der Waals surface area contributed by atoms with Crippen LogP contribution in [-0.4, -0.2) is 17.4 Å². The van der Waals surface area contributed by atoms with Gasteiger partial charge in [-0.15, -0.1) is 0 Å². The monoisotopic (exact) mass is 360 g/mol. The van der Waals surface area contributed by atoms with Crippen LogP contribution in [0, 0.1) is 0 Å². The number of fused-ring (bicyclic) bond motifs is 1. The molecule has 0 unspecified atom stereocenters. The van der Waals surface area contributed by atoms with E-state index >= 15 is 0 Å². The first kappa shape index (κ1) is 18.6. The lowest BCUT2D eigenvalue weighted by atomic mass is 10.0. The van der Waals surface area contributed by atoms with Gasteiger partial charge in [0.2, 0.25) is 5.91 Å². The van der Waals surface area contributed by atoms with E-state index in [1.807, 2.05) is 63.2 Å². The van der Waals surface area contributed by atoms with Gasteiger partial charge in [0.25, 0.3) is 5.91 Å². The maximum Gasteiger partial charge on any atom is 0.251 e. The zero-order valence-corrected chi connectivity index (χ0v) is 15.9. The fourth-order valence-electron chi connectivity index (χ4n) is 2.98. The molecule has 2 amide bonds. The molecule has 0 radical (unpaired) electrons. The summed E-state index contributed by atoms with van der Waals surface area (Å²) in [5.74, 6) is -0.271. The molecule has 0 spiro atoms. The van der Waals surface area contributed by atoms with Crippen LogP contribution in [-0.2, 0) is 11.2 Å². The number of carbonyl (C=O) groups is 2. The highest BCUT2D eigenvalue weighted by Crippen LogP contribution is 2.20. The smallest absolute Gasteiger partial charge is 0.251 e. The first-order chi connectivity index (χ1) is 12.8. The van der Waals surface area contributed by atoms with Crippen LogP contribution in [0.5, 0.6) is 0 Å². The Labute approximate surface area is 159 Å². The maximum absolute atomic E-state index is 12.5. The van der Waals surface area contributed by atoms with Gasteiger partial charge in [-0.05, 0) is 55.3 Å². The Balaban J connectivity index is 1.73. The van der Waals surface area contributed by atoms with Gasteiger partial charge < -0.3 is 10.6 Å². The zero-order chi connectivity index (χ0) is 19.4. The second-order valence-electron chi connectivity index (χ2n) is 7.65. The average molecular weight is 360 g/mol. The summed E-state index contributed by atoms with van der Waals surface area (Å²) < 4.78 is 0. The Morgan fingerprint density at radius 2 is 1.59 bits per heavy atom. The Morgan fingerprint density at radius 3 is 2.37 bits per heavy atom. The lowest BCUT2D eigenvalue weighted by molar-refractivity contribution is -0.115. The van der Waals surface area contributed by atoms with Crippen LogP contribution < -0.4 is 10.6 Å². The Morgan fingerprint density at radius 1 is 0.889 bits per heavy atom. The van der Waals surface area contributed by atoms with Crippen LogP contribution in [0.1, 0.15) is 36.7 Å². The molecule has 0 aliphatic heterocycles. The third-order valence-corrected chi connectivity index (χ3v) is 4.13. The summed E-state index contributed by atoms with van der Waals surface area (Å²) >= 11 is 0. The predicted molar refractivity (Wildman–Crippen MR) is 110 cm³/mol. The van der Waals surface area contributed by atoms with E-state index in [0.717, 1.165) is 16.3 Å². The molecule has 2 N–H and O–H groups in total. The van der Waals surface area contributed by atoms with Gasteiger partial charge in [-0.3, -0.25) is 9.59 Å². The van der Waals surface area contributed by atoms with Gasteiger partial charge in [-0.1, -0.05) is 48.5 Å². The second kappa shape index (κ2) is 7.62. The molecular weight excluding hydrogens is 336 g/mol. The summed E-state index contributed by atoms with van der Waals surface area (Å²) in [6, 6.07) is 21.0. The molecule has 3 aromatic carbocycles. The fourth-order valence-corrected chi connectivity index (χ4v) is 2.98. The average Bonchev–Trinajstić information content (AvgIpc) is 2.61. The molecule has 0 saturated heterocycles. The molecule has 3 aromatic rings. The van der Waals surface area contributed by atoms with Gasteiger partial charge in [-0.25, -0.2) is 0 Å². The molecule has 4 nitrogen and oxygen atoms in total. The summed E-state index contributed by atoms with van der Waals surface area (Å²) in [5.41, 5.74) is 1.80. The Hall–Kier alpha value is -3.14. The molecule has 0 atom stereocenters. The molecule has 138 valence electrons. The Kier molecular flexibility index (Phi) is 5.26. The van der Waals surface area contributed by atoms with Crippen molar-refractivity contribution in [3.8, 4) is 0 Å². The summed E-state index contributed by atoms with van der Waals surface area (Å²) in [5, 5.41) is 8.01. The summed E-state index contributed by atoms with van der Waals surface area (Å²) in [4.78, 5) is 24.8. The Bertz CT molecular complexity index is 982. The molecular formula is C23H24N2O2. The minimum Gasteiger partial charge on any atom is -0.347 e. The maximum atomic E-state index is 12.5. The van der Waals surface area contributed by atoms with Gasteiger partial charge in [0, 0.05) is 16.8 Å². The van der Waals surface area contributed by atoms with Crippen LogP contribution in [0.15, 0.2) is 66.7 Å². The molecule has 0 heterocycles. The van der Waals surface area contributed by atoms with Gasteiger partial charge in [0.15, 0.2) is 0 Å². The minimum atomic E-state index is -0.315. The fraction of sp³-hybridized carbons (Fsp3) is 0.217. The standard InChI is InChI=1S/C23H24N2O2/c1-23(2,3)25-22(27)18-11-7-12-19(14-18)24-21(26)15-17-10-6-9-16-8-4-5-13-20(16)17/h4-14H,15H2,1-3H3,(H,24,26)(H,25,27). The van der Waals surface area contributed by atoms with Crippen molar-refractivity contribution in [1.82, 2.24) is 5.32 Å². The van der Waals surface area contributed by atoms with Gasteiger partial charge in [-0.2, -0.15) is 0 Å². The number of nitrogens with one attached hydrogen (secondary N) is 2. The van der Waals surface area contributed by atoms with Crippen LogP contribution in [0.3, 0.4) is 0 Å². The number of hydrogen-bond acceptors (Lipinski definition) is 2. The van der Waals surface area contributed by atoms with E-state index < -0.39 is 0 Å². The largest absolute Gasteiger partial charge is 0.347 e. The molecule has 0 aliphatic rings. The molecule has 27 heavy (non-hydrogen) atoms. The van der Waals surface area contributed by atoms with Crippen molar-refractivity contribution in [3.63, 3.8) is 0 Å². The SMILES string of the molecule is CC(C)(C)NC(=O)c1cccc(NC(=O)Cc2cccc3ccccc23)c1. The van der Waals surface area contributed by atoms with E-state index in [4.69, 9.17) is 0 Å². The molecule has 0 aromatic heterocycles. The molecule has 3 rings (SSSR count). The topological polar surface area (TPSA) is 58.2 Å². The van der Waals surface area contributed by atoms with Gasteiger partial charge in [0.05, 0.1) is 6.42 Å². The molecule has 0 fully saturated rings. The number of carbonyl (C=O) groups excluding carboxylic acids is 2. The van der Waals surface area contributed by atoms with Crippen LogP contribution in [0.2, 0.25) is 0 Å². The highest BCUT2D eigenvalue weighted by molar-refractivity contribution is 5.99. The van der Waals surface area contributed by atoms with Gasteiger partial charge >= 0.3 is 0 Å². The number of amides is 2. The normalized spacial score (nSPS) is 11.2. The third-order valence-electron chi connectivity index (χ3n) is 4.13. The van der Waals surface area contributed by atoms with Crippen molar-refractivity contribution in [1.29, 1.82) is 0 Å². The van der Waals surface area contributed by atoms with E-state index in [1.54, 1.807) is 24.3 Å². The molecule has 0 aliphatic carbocycles. The summed E-state index contributed by atoms with van der Waals surface area (Å²) in [6.07, 6.45) is 0.278. The van der Waals surface area contributed by atoms with Crippen LogP contribution in [0.25, 0.3) is 10.8 Å². The van der Waals surface area contributed by atoms with E-state index in [9.17, 15) is 9.59 Å².